The van der Waals surface area contributed by atoms with Crippen LogP contribution in [-0.4, -0.2) is 10.3 Å². The van der Waals surface area contributed by atoms with Gasteiger partial charge in [0, 0.05) is 17.9 Å². The number of rotatable bonds is 1. The van der Waals surface area contributed by atoms with Gasteiger partial charge in [-0.3, -0.25) is 0 Å². The molecule has 1 heterocycles. The van der Waals surface area contributed by atoms with Gasteiger partial charge in [-0.05, 0) is 30.9 Å². The fourth-order valence-corrected chi connectivity index (χ4v) is 1.24. The first-order chi connectivity index (χ1) is 6.24. The van der Waals surface area contributed by atoms with Crippen LogP contribution in [0, 0.1) is 25.7 Å². The van der Waals surface area contributed by atoms with E-state index in [0.29, 0.717) is 0 Å². The topological polar surface area (TPSA) is 12.9 Å². The minimum atomic E-state index is 0.870. The maximum absolute atomic E-state index is 4.26. The highest BCUT2D eigenvalue weighted by atomic mass is 79.9. The molecule has 68 valence electrons. The van der Waals surface area contributed by atoms with E-state index in [1.54, 1.807) is 0 Å². The van der Waals surface area contributed by atoms with Crippen LogP contribution in [0.1, 0.15) is 23.2 Å². The van der Waals surface area contributed by atoms with E-state index in [-0.39, 0.29) is 0 Å². The van der Waals surface area contributed by atoms with Crippen LogP contribution in [0.15, 0.2) is 12.3 Å². The highest BCUT2D eigenvalue weighted by molar-refractivity contribution is 9.09. The van der Waals surface area contributed by atoms with E-state index >= 15 is 0 Å². The van der Waals surface area contributed by atoms with Crippen LogP contribution in [0.3, 0.4) is 0 Å². The molecule has 1 nitrogen and oxygen atoms in total. The molecule has 0 aliphatic carbocycles. The average Bonchev–Trinajstić information content (AvgIpc) is 2.09. The second kappa shape index (κ2) is 5.04. The monoisotopic (exact) mass is 237 g/mol. The van der Waals surface area contributed by atoms with E-state index in [1.807, 2.05) is 20.0 Å². The second-order valence-electron chi connectivity index (χ2n) is 2.92. The van der Waals surface area contributed by atoms with E-state index in [4.69, 9.17) is 0 Å². The highest BCUT2D eigenvalue weighted by Crippen LogP contribution is 2.05. The minimum Gasteiger partial charge on any atom is -0.247 e. The summed E-state index contributed by atoms with van der Waals surface area (Å²) in [6, 6.07) is 2.10. The van der Waals surface area contributed by atoms with Crippen molar-refractivity contribution in [2.24, 2.45) is 0 Å². The molecule has 0 N–H and O–H groups in total. The molecule has 0 amide bonds. The van der Waals surface area contributed by atoms with Crippen LogP contribution in [0.2, 0.25) is 0 Å². The molecule has 0 saturated heterocycles. The van der Waals surface area contributed by atoms with Gasteiger partial charge in [-0.1, -0.05) is 27.9 Å². The molecule has 2 heteroatoms. The summed E-state index contributed by atoms with van der Waals surface area (Å²) in [5.41, 5.74) is 3.23. The van der Waals surface area contributed by atoms with Gasteiger partial charge >= 0.3 is 0 Å². The zero-order valence-electron chi connectivity index (χ0n) is 7.89. The number of aryl methyl sites for hydroxylation is 2. The Balaban J connectivity index is 2.85. The number of aromatic nitrogens is 1. The van der Waals surface area contributed by atoms with Crippen molar-refractivity contribution >= 4 is 15.9 Å². The Morgan fingerprint density at radius 2 is 2.23 bits per heavy atom. The standard InChI is InChI=1S/C11H12BrN/c1-9-7-10(2)11(13-8-9)5-3-4-6-12/h7-8H,4,6H2,1-2H3. The molecule has 1 aromatic rings. The number of nitrogens with zero attached hydrogens (tertiary/aromatic N) is 1. The lowest BCUT2D eigenvalue weighted by Crippen LogP contribution is -1.88. The molecule has 0 aromatic carbocycles. The Labute approximate surface area is 87.7 Å². The lowest BCUT2D eigenvalue weighted by Gasteiger charge is -1.97. The summed E-state index contributed by atoms with van der Waals surface area (Å²) >= 11 is 3.33. The van der Waals surface area contributed by atoms with Crippen LogP contribution in [-0.2, 0) is 0 Å². The van der Waals surface area contributed by atoms with E-state index < -0.39 is 0 Å². The SMILES string of the molecule is Cc1cnc(C#CCCBr)c(C)c1. The number of halogens is 1. The summed E-state index contributed by atoms with van der Waals surface area (Å²) in [4.78, 5) is 4.26. The molecule has 0 aliphatic rings. The lowest BCUT2D eigenvalue weighted by atomic mass is 10.2. The van der Waals surface area contributed by atoms with Gasteiger partial charge in [-0.25, -0.2) is 4.98 Å². The minimum absolute atomic E-state index is 0.870. The van der Waals surface area contributed by atoms with Crippen LogP contribution in [0.25, 0.3) is 0 Å². The van der Waals surface area contributed by atoms with E-state index in [1.165, 1.54) is 5.56 Å². The number of pyridine rings is 1. The zero-order chi connectivity index (χ0) is 9.68. The predicted octanol–water partition coefficient (Wildman–Crippen LogP) is 2.83. The van der Waals surface area contributed by atoms with Crippen molar-refractivity contribution in [2.45, 2.75) is 20.3 Å². The van der Waals surface area contributed by atoms with Crippen molar-refractivity contribution in [1.29, 1.82) is 0 Å². The summed E-state index contributed by atoms with van der Waals surface area (Å²) < 4.78 is 0. The molecule has 0 bridgehead atoms. The molecule has 0 fully saturated rings. The first kappa shape index (κ1) is 10.3. The van der Waals surface area contributed by atoms with Crippen molar-refractivity contribution in [3.05, 3.63) is 29.1 Å². The van der Waals surface area contributed by atoms with Gasteiger partial charge in [0.15, 0.2) is 0 Å². The van der Waals surface area contributed by atoms with Crippen molar-refractivity contribution in [3.63, 3.8) is 0 Å². The van der Waals surface area contributed by atoms with E-state index in [9.17, 15) is 0 Å². The third kappa shape index (κ3) is 3.20. The van der Waals surface area contributed by atoms with Crippen LogP contribution < -0.4 is 0 Å². The van der Waals surface area contributed by atoms with Crippen LogP contribution >= 0.6 is 15.9 Å². The van der Waals surface area contributed by atoms with Gasteiger partial charge in [-0.15, -0.1) is 0 Å². The fraction of sp³-hybridized carbons (Fsp3) is 0.364. The number of hydrogen-bond donors (Lipinski definition) is 0. The van der Waals surface area contributed by atoms with Crippen LogP contribution in [0.4, 0.5) is 0 Å². The molecule has 0 aliphatic heterocycles. The van der Waals surface area contributed by atoms with E-state index in [0.717, 1.165) is 23.0 Å². The Hall–Kier alpha value is -0.810. The summed E-state index contributed by atoms with van der Waals surface area (Å²) in [6.07, 6.45) is 2.72. The lowest BCUT2D eigenvalue weighted by molar-refractivity contribution is 1.18. The van der Waals surface area contributed by atoms with Crippen molar-refractivity contribution in [2.75, 3.05) is 5.33 Å². The largest absolute Gasteiger partial charge is 0.247 e. The Morgan fingerprint density at radius 3 is 2.85 bits per heavy atom. The average molecular weight is 238 g/mol. The summed E-state index contributed by atoms with van der Waals surface area (Å²) in [5.74, 6) is 6.10. The maximum atomic E-state index is 4.26. The van der Waals surface area contributed by atoms with Gasteiger partial charge in [0.2, 0.25) is 0 Å². The zero-order valence-corrected chi connectivity index (χ0v) is 9.48. The molecule has 0 saturated carbocycles. The first-order valence-electron chi connectivity index (χ1n) is 4.22. The molecule has 0 radical (unpaired) electrons. The maximum Gasteiger partial charge on any atom is 0.116 e. The fourth-order valence-electron chi connectivity index (χ4n) is 1.04. The quantitative estimate of drug-likeness (QED) is 0.541. The Kier molecular flexibility index (Phi) is 3.98. The van der Waals surface area contributed by atoms with E-state index in [2.05, 4.69) is 38.8 Å². The van der Waals surface area contributed by atoms with Crippen molar-refractivity contribution in [1.82, 2.24) is 4.98 Å². The Bertz CT molecular complexity index is 347. The highest BCUT2D eigenvalue weighted by Gasteiger charge is 1.94. The van der Waals surface area contributed by atoms with Gasteiger partial charge in [0.1, 0.15) is 5.69 Å². The van der Waals surface area contributed by atoms with Gasteiger partial charge in [0.25, 0.3) is 0 Å². The Morgan fingerprint density at radius 1 is 1.46 bits per heavy atom. The van der Waals surface area contributed by atoms with Crippen molar-refractivity contribution < 1.29 is 0 Å². The molecule has 1 rings (SSSR count). The summed E-state index contributed by atoms with van der Waals surface area (Å²) in [7, 11) is 0. The predicted molar refractivity (Wildman–Crippen MR) is 59.0 cm³/mol. The van der Waals surface area contributed by atoms with Crippen molar-refractivity contribution in [3.8, 4) is 11.8 Å². The molecule has 13 heavy (non-hydrogen) atoms. The molecular weight excluding hydrogens is 226 g/mol. The molecular formula is C11H12BrN. The summed E-state index contributed by atoms with van der Waals surface area (Å²) in [5, 5.41) is 0.922. The molecule has 0 unspecified atom stereocenters. The number of hydrogen-bond acceptors (Lipinski definition) is 1. The van der Waals surface area contributed by atoms with Gasteiger partial charge < -0.3 is 0 Å². The molecule has 0 atom stereocenters. The molecule has 1 aromatic heterocycles. The third-order valence-electron chi connectivity index (χ3n) is 1.64. The summed E-state index contributed by atoms with van der Waals surface area (Å²) in [6.45, 7) is 4.08. The van der Waals surface area contributed by atoms with Crippen LogP contribution in [0.5, 0.6) is 0 Å². The van der Waals surface area contributed by atoms with Gasteiger partial charge in [-0.2, -0.15) is 0 Å². The smallest absolute Gasteiger partial charge is 0.116 e. The third-order valence-corrected chi connectivity index (χ3v) is 2.04. The normalized spacial score (nSPS) is 9.15. The second-order valence-corrected chi connectivity index (χ2v) is 3.71. The molecule has 0 spiro atoms. The number of alkyl halides is 1. The first-order valence-corrected chi connectivity index (χ1v) is 5.34. The van der Waals surface area contributed by atoms with Gasteiger partial charge in [0.05, 0.1) is 0 Å².